The number of aliphatic carboxylic acids is 1. The number of anilines is 1. The molecule has 1 aromatic heterocycles. The fourth-order valence-electron chi connectivity index (χ4n) is 1.76. The third kappa shape index (κ3) is 3.19. The topological polar surface area (TPSA) is 97.1 Å². The number of aromatic nitrogens is 3. The van der Waals surface area contributed by atoms with Crippen molar-refractivity contribution in [3.8, 4) is 0 Å². The molecule has 1 amide bonds. The van der Waals surface area contributed by atoms with Crippen LogP contribution in [0.25, 0.3) is 0 Å². The minimum Gasteiger partial charge on any atom is -0.480 e. The first-order valence-electron chi connectivity index (χ1n) is 6.11. The summed E-state index contributed by atoms with van der Waals surface area (Å²) in [5.74, 6) is -1.46. The third-order valence-corrected chi connectivity index (χ3v) is 2.72. The van der Waals surface area contributed by atoms with Crippen molar-refractivity contribution < 1.29 is 14.7 Å². The summed E-state index contributed by atoms with van der Waals surface area (Å²) in [5.41, 5.74) is 1.81. The molecule has 1 heterocycles. The minimum atomic E-state index is -1.04. The zero-order valence-electron chi connectivity index (χ0n) is 10.9. The van der Waals surface area contributed by atoms with Gasteiger partial charge in [-0.05, 0) is 18.1 Å². The number of nitrogens with zero attached hydrogens (tertiary/aromatic N) is 3. The standard InChI is InChI=1S/C13H14N4O3/c1-2-9-5-3-4-6-10(9)14-13(20)11-7-17(16-15-11)8-12(18)19/h3-7H,2,8H2,1H3,(H,14,20)(H,18,19). The van der Waals surface area contributed by atoms with E-state index >= 15 is 0 Å². The predicted molar refractivity (Wildman–Crippen MR) is 71.4 cm³/mol. The van der Waals surface area contributed by atoms with Crippen LogP contribution in [0.2, 0.25) is 0 Å². The number of hydrogen-bond acceptors (Lipinski definition) is 4. The molecule has 0 aliphatic rings. The Morgan fingerprint density at radius 1 is 1.35 bits per heavy atom. The van der Waals surface area contributed by atoms with Crippen molar-refractivity contribution in [2.24, 2.45) is 0 Å². The molecule has 0 aliphatic carbocycles. The van der Waals surface area contributed by atoms with Crippen LogP contribution in [0.15, 0.2) is 30.5 Å². The third-order valence-electron chi connectivity index (χ3n) is 2.72. The van der Waals surface area contributed by atoms with Crippen molar-refractivity contribution in [2.75, 3.05) is 5.32 Å². The van der Waals surface area contributed by atoms with E-state index < -0.39 is 11.9 Å². The summed E-state index contributed by atoms with van der Waals surface area (Å²) in [6.07, 6.45) is 2.10. The second kappa shape index (κ2) is 5.96. The molecule has 0 saturated heterocycles. The number of hydrogen-bond donors (Lipinski definition) is 2. The Hall–Kier alpha value is -2.70. The Morgan fingerprint density at radius 2 is 2.10 bits per heavy atom. The van der Waals surface area contributed by atoms with Crippen LogP contribution in [-0.2, 0) is 17.8 Å². The molecule has 0 spiro atoms. The first-order chi connectivity index (χ1) is 9.60. The summed E-state index contributed by atoms with van der Waals surface area (Å²) in [7, 11) is 0. The molecule has 7 nitrogen and oxygen atoms in total. The summed E-state index contributed by atoms with van der Waals surface area (Å²) in [6, 6.07) is 7.46. The number of amides is 1. The molecule has 1 aromatic carbocycles. The van der Waals surface area contributed by atoms with Gasteiger partial charge in [0, 0.05) is 5.69 Å². The van der Waals surface area contributed by atoms with Gasteiger partial charge in [-0.25, -0.2) is 4.68 Å². The smallest absolute Gasteiger partial charge is 0.325 e. The average molecular weight is 274 g/mol. The number of para-hydroxylation sites is 1. The number of nitrogens with one attached hydrogen (secondary N) is 1. The van der Waals surface area contributed by atoms with Crippen molar-refractivity contribution in [3.63, 3.8) is 0 Å². The van der Waals surface area contributed by atoms with E-state index in [-0.39, 0.29) is 12.2 Å². The fourth-order valence-corrected chi connectivity index (χ4v) is 1.76. The van der Waals surface area contributed by atoms with E-state index in [0.717, 1.165) is 16.7 Å². The van der Waals surface area contributed by atoms with E-state index in [0.29, 0.717) is 5.69 Å². The van der Waals surface area contributed by atoms with E-state index in [2.05, 4.69) is 15.6 Å². The molecule has 0 saturated carbocycles. The van der Waals surface area contributed by atoms with Crippen molar-refractivity contribution in [1.29, 1.82) is 0 Å². The van der Waals surface area contributed by atoms with E-state index in [4.69, 9.17) is 5.11 Å². The van der Waals surface area contributed by atoms with Gasteiger partial charge in [-0.1, -0.05) is 30.3 Å². The molecule has 0 unspecified atom stereocenters. The number of carbonyl (C=O) groups excluding carboxylic acids is 1. The van der Waals surface area contributed by atoms with Gasteiger partial charge in [0.2, 0.25) is 0 Å². The molecule has 7 heteroatoms. The molecule has 2 N–H and O–H groups in total. The zero-order chi connectivity index (χ0) is 14.5. The summed E-state index contributed by atoms with van der Waals surface area (Å²) >= 11 is 0. The number of benzene rings is 1. The highest BCUT2D eigenvalue weighted by Gasteiger charge is 2.13. The monoisotopic (exact) mass is 274 g/mol. The van der Waals surface area contributed by atoms with Gasteiger partial charge < -0.3 is 10.4 Å². The Balaban J connectivity index is 2.12. The maximum Gasteiger partial charge on any atom is 0.325 e. The van der Waals surface area contributed by atoms with Crippen LogP contribution in [-0.4, -0.2) is 32.0 Å². The summed E-state index contributed by atoms with van der Waals surface area (Å²) in [6.45, 7) is 1.67. The van der Waals surface area contributed by atoms with E-state index in [1.165, 1.54) is 6.20 Å². The van der Waals surface area contributed by atoms with Crippen LogP contribution in [0.1, 0.15) is 23.0 Å². The lowest BCUT2D eigenvalue weighted by atomic mass is 10.1. The average Bonchev–Trinajstić information content (AvgIpc) is 2.87. The van der Waals surface area contributed by atoms with Crippen LogP contribution >= 0.6 is 0 Å². The minimum absolute atomic E-state index is 0.0807. The van der Waals surface area contributed by atoms with Gasteiger partial charge in [-0.2, -0.15) is 0 Å². The molecule has 0 radical (unpaired) electrons. The Kier molecular flexibility index (Phi) is 4.09. The number of carbonyl (C=O) groups is 2. The van der Waals surface area contributed by atoms with Crippen LogP contribution in [0.4, 0.5) is 5.69 Å². The van der Waals surface area contributed by atoms with Crippen molar-refractivity contribution in [3.05, 3.63) is 41.7 Å². The molecule has 2 rings (SSSR count). The quantitative estimate of drug-likeness (QED) is 0.853. The molecular weight excluding hydrogens is 260 g/mol. The van der Waals surface area contributed by atoms with Crippen LogP contribution in [0, 0.1) is 0 Å². The Morgan fingerprint density at radius 3 is 2.80 bits per heavy atom. The predicted octanol–water partition coefficient (Wildman–Crippen LogP) is 1.18. The number of rotatable bonds is 5. The highest BCUT2D eigenvalue weighted by molar-refractivity contribution is 6.03. The van der Waals surface area contributed by atoms with Gasteiger partial charge in [0.25, 0.3) is 5.91 Å². The first-order valence-corrected chi connectivity index (χ1v) is 6.11. The highest BCUT2D eigenvalue weighted by Crippen LogP contribution is 2.16. The number of aryl methyl sites for hydroxylation is 1. The maximum absolute atomic E-state index is 12.0. The van der Waals surface area contributed by atoms with Crippen molar-refractivity contribution in [2.45, 2.75) is 19.9 Å². The lowest BCUT2D eigenvalue weighted by molar-refractivity contribution is -0.137. The van der Waals surface area contributed by atoms with Gasteiger partial charge in [-0.3, -0.25) is 9.59 Å². The fraction of sp³-hybridized carbons (Fsp3) is 0.231. The van der Waals surface area contributed by atoms with Gasteiger partial charge in [0.1, 0.15) is 6.54 Å². The second-order valence-electron chi connectivity index (χ2n) is 4.16. The number of carboxylic acid groups (broad SMARTS) is 1. The zero-order valence-corrected chi connectivity index (χ0v) is 10.9. The largest absolute Gasteiger partial charge is 0.480 e. The van der Waals surface area contributed by atoms with Gasteiger partial charge in [-0.15, -0.1) is 5.10 Å². The van der Waals surface area contributed by atoms with E-state index in [9.17, 15) is 9.59 Å². The SMILES string of the molecule is CCc1ccccc1NC(=O)c1cn(CC(=O)O)nn1. The Labute approximate surface area is 115 Å². The first kappa shape index (κ1) is 13.7. The molecule has 20 heavy (non-hydrogen) atoms. The highest BCUT2D eigenvalue weighted by atomic mass is 16.4. The van der Waals surface area contributed by atoms with Gasteiger partial charge >= 0.3 is 5.97 Å². The molecule has 0 fully saturated rings. The van der Waals surface area contributed by atoms with Gasteiger partial charge in [0.05, 0.1) is 6.20 Å². The van der Waals surface area contributed by atoms with Crippen LogP contribution < -0.4 is 5.32 Å². The second-order valence-corrected chi connectivity index (χ2v) is 4.16. The van der Waals surface area contributed by atoms with E-state index in [1.807, 2.05) is 25.1 Å². The molecule has 0 bridgehead atoms. The molecule has 104 valence electrons. The summed E-state index contributed by atoms with van der Waals surface area (Å²) < 4.78 is 1.10. The molecule has 0 atom stereocenters. The lowest BCUT2D eigenvalue weighted by Crippen LogP contribution is -2.14. The summed E-state index contributed by atoms with van der Waals surface area (Å²) in [5, 5.41) is 18.6. The normalized spacial score (nSPS) is 10.2. The molecule has 0 aliphatic heterocycles. The Bertz CT molecular complexity index is 636. The van der Waals surface area contributed by atoms with E-state index in [1.54, 1.807) is 6.07 Å². The number of carboxylic acids is 1. The maximum atomic E-state index is 12.0. The summed E-state index contributed by atoms with van der Waals surface area (Å²) in [4.78, 5) is 22.5. The van der Waals surface area contributed by atoms with Crippen LogP contribution in [0.5, 0.6) is 0 Å². The molecular formula is C13H14N4O3. The van der Waals surface area contributed by atoms with Crippen molar-refractivity contribution >= 4 is 17.6 Å². The lowest BCUT2D eigenvalue weighted by Gasteiger charge is -2.07. The van der Waals surface area contributed by atoms with Crippen molar-refractivity contribution in [1.82, 2.24) is 15.0 Å². The van der Waals surface area contributed by atoms with Gasteiger partial charge in [0.15, 0.2) is 5.69 Å². The molecule has 2 aromatic rings. The van der Waals surface area contributed by atoms with Crippen LogP contribution in [0.3, 0.4) is 0 Å².